The molecule has 0 amide bonds. The van der Waals surface area contributed by atoms with Gasteiger partial charge in [-0.1, -0.05) is 30.3 Å². The van der Waals surface area contributed by atoms with Gasteiger partial charge in [-0.3, -0.25) is 19.9 Å². The molecular formula is C23H19N5O5. The summed E-state index contributed by atoms with van der Waals surface area (Å²) in [5.74, 6) is -2.73. The van der Waals surface area contributed by atoms with Gasteiger partial charge in [0.1, 0.15) is 11.5 Å². The third-order valence-corrected chi connectivity index (χ3v) is 5.43. The van der Waals surface area contributed by atoms with Gasteiger partial charge in [0.2, 0.25) is 0 Å². The Bertz CT molecular complexity index is 1420. The summed E-state index contributed by atoms with van der Waals surface area (Å²) in [6.45, 7) is 0. The van der Waals surface area contributed by atoms with Crippen LogP contribution in [0.4, 0.5) is 5.69 Å². The van der Waals surface area contributed by atoms with E-state index in [0.717, 1.165) is 0 Å². The maximum absolute atomic E-state index is 13.0. The van der Waals surface area contributed by atoms with Crippen molar-refractivity contribution in [1.82, 2.24) is 10.2 Å². The highest BCUT2D eigenvalue weighted by Gasteiger charge is 2.43. The Balaban J connectivity index is 2.08. The van der Waals surface area contributed by atoms with Crippen molar-refractivity contribution in [2.75, 3.05) is 19.1 Å². The number of anilines is 1. The van der Waals surface area contributed by atoms with Crippen molar-refractivity contribution >= 4 is 28.5 Å². The van der Waals surface area contributed by atoms with E-state index < -0.39 is 17.9 Å². The van der Waals surface area contributed by atoms with Crippen LogP contribution in [-0.2, 0) is 19.1 Å². The first-order valence-corrected chi connectivity index (χ1v) is 9.78. The molecule has 1 atom stereocenters. The third-order valence-electron chi connectivity index (χ3n) is 5.43. The van der Waals surface area contributed by atoms with Crippen LogP contribution in [0, 0.1) is 11.3 Å². The number of ether oxygens (including phenoxy) is 2. The number of carbonyl (C=O) groups is 2. The molecule has 10 heteroatoms. The average molecular weight is 445 g/mol. The van der Waals surface area contributed by atoms with Crippen molar-refractivity contribution in [1.29, 1.82) is 5.26 Å². The van der Waals surface area contributed by atoms with Gasteiger partial charge < -0.3 is 15.2 Å². The van der Waals surface area contributed by atoms with E-state index in [4.69, 9.17) is 15.2 Å². The number of carbonyl (C=O) groups excluding carboxylic acids is 2. The summed E-state index contributed by atoms with van der Waals surface area (Å²) >= 11 is 0. The lowest BCUT2D eigenvalue weighted by molar-refractivity contribution is -0.139. The van der Waals surface area contributed by atoms with Gasteiger partial charge >= 0.3 is 11.9 Å². The van der Waals surface area contributed by atoms with E-state index >= 15 is 0 Å². The summed E-state index contributed by atoms with van der Waals surface area (Å²) in [5.41, 5.74) is 7.15. The Hall–Kier alpha value is -4.78. The first kappa shape index (κ1) is 21.5. The zero-order valence-corrected chi connectivity index (χ0v) is 17.7. The number of aromatic amines is 2. The summed E-state index contributed by atoms with van der Waals surface area (Å²) in [6, 6.07) is 15.5. The van der Waals surface area contributed by atoms with Crippen LogP contribution >= 0.6 is 0 Å². The molecule has 0 bridgehead atoms. The van der Waals surface area contributed by atoms with Gasteiger partial charge in [-0.15, -0.1) is 0 Å². The predicted octanol–water partition coefficient (Wildman–Crippen LogP) is 1.75. The minimum Gasteiger partial charge on any atom is -0.466 e. The number of nitriles is 1. The number of hydrogen-bond donors (Lipinski definition) is 3. The second kappa shape index (κ2) is 8.39. The molecule has 3 aromatic rings. The molecular weight excluding hydrogens is 426 g/mol. The molecule has 0 saturated heterocycles. The van der Waals surface area contributed by atoms with Crippen LogP contribution in [0.25, 0.3) is 10.9 Å². The lowest BCUT2D eigenvalue weighted by atomic mass is 9.81. The number of rotatable bonds is 4. The number of H-pyrrole nitrogens is 2. The fourth-order valence-electron chi connectivity index (χ4n) is 3.94. The summed E-state index contributed by atoms with van der Waals surface area (Å²) in [7, 11) is 2.34. The van der Waals surface area contributed by atoms with Crippen LogP contribution < -0.4 is 16.2 Å². The molecule has 0 aliphatic carbocycles. The van der Waals surface area contributed by atoms with E-state index in [1.54, 1.807) is 42.5 Å². The maximum atomic E-state index is 13.0. The topological polar surface area (TPSA) is 154 Å². The van der Waals surface area contributed by atoms with Gasteiger partial charge in [-0.05, 0) is 23.8 Å². The first-order valence-electron chi connectivity index (χ1n) is 9.78. The van der Waals surface area contributed by atoms with Gasteiger partial charge in [0.15, 0.2) is 0 Å². The molecule has 0 spiro atoms. The average Bonchev–Trinajstić information content (AvgIpc) is 3.22. The minimum absolute atomic E-state index is 0.0392. The molecule has 1 unspecified atom stereocenters. The van der Waals surface area contributed by atoms with E-state index in [0.29, 0.717) is 16.5 Å². The van der Waals surface area contributed by atoms with E-state index in [1.807, 2.05) is 0 Å². The predicted molar refractivity (Wildman–Crippen MR) is 118 cm³/mol. The summed E-state index contributed by atoms with van der Waals surface area (Å²) < 4.78 is 9.97. The first-order chi connectivity index (χ1) is 15.9. The number of nitrogens with two attached hydrogens (primary N) is 1. The zero-order chi connectivity index (χ0) is 23.7. The number of nitrogens with one attached hydrogen (secondary N) is 2. The van der Waals surface area contributed by atoms with Crippen LogP contribution in [0.3, 0.4) is 0 Å². The molecule has 4 rings (SSSR count). The second-order valence-corrected chi connectivity index (χ2v) is 7.14. The van der Waals surface area contributed by atoms with E-state index in [1.165, 1.54) is 25.2 Å². The molecule has 1 aromatic heterocycles. The Morgan fingerprint density at radius 1 is 1.06 bits per heavy atom. The number of benzene rings is 2. The van der Waals surface area contributed by atoms with Gasteiger partial charge in [-0.25, -0.2) is 9.59 Å². The molecule has 0 fully saturated rings. The number of fused-ring (bicyclic) bond motifs is 1. The lowest BCUT2D eigenvalue weighted by Crippen LogP contribution is -2.40. The quantitative estimate of drug-likeness (QED) is 0.513. The van der Waals surface area contributed by atoms with Crippen molar-refractivity contribution in [3.63, 3.8) is 0 Å². The molecule has 166 valence electrons. The number of allylic oxidation sites excluding steroid dienone is 1. The molecule has 10 nitrogen and oxygen atoms in total. The minimum atomic E-state index is -0.964. The smallest absolute Gasteiger partial charge is 0.355 e. The molecule has 2 aromatic carbocycles. The van der Waals surface area contributed by atoms with Crippen LogP contribution in [0.5, 0.6) is 0 Å². The maximum Gasteiger partial charge on any atom is 0.355 e. The van der Waals surface area contributed by atoms with Crippen LogP contribution in [0.1, 0.15) is 11.5 Å². The molecule has 1 aliphatic heterocycles. The molecule has 0 radical (unpaired) electrons. The van der Waals surface area contributed by atoms with Gasteiger partial charge in [-0.2, -0.15) is 5.26 Å². The molecule has 4 N–H and O–H groups in total. The summed E-state index contributed by atoms with van der Waals surface area (Å²) in [5, 5.41) is 15.5. The number of aromatic nitrogens is 2. The van der Waals surface area contributed by atoms with Crippen LogP contribution in [0.2, 0.25) is 0 Å². The molecule has 2 heterocycles. The number of methoxy groups -OCH3 is 2. The Kier molecular flexibility index (Phi) is 5.46. The van der Waals surface area contributed by atoms with Crippen molar-refractivity contribution in [2.45, 2.75) is 5.92 Å². The Morgan fingerprint density at radius 3 is 2.39 bits per heavy atom. The number of nitrogens with zero attached hydrogens (tertiary/aromatic N) is 2. The van der Waals surface area contributed by atoms with Gasteiger partial charge in [0.25, 0.3) is 5.56 Å². The van der Waals surface area contributed by atoms with Crippen molar-refractivity contribution < 1.29 is 19.1 Å². The summed E-state index contributed by atoms with van der Waals surface area (Å²) in [6.07, 6.45) is 0. The second-order valence-electron chi connectivity index (χ2n) is 7.14. The standard InChI is InChI=1S/C23H19N5O5/c1-32-22(30)18-17(12-6-4-3-5-7-12)15(11-24)20(25)28(19(18)23(31)33-2)13-8-9-16-14(10-13)21(29)27-26-16/h3-10,17H,25H2,1-2H3,(H2,26,27,29). The SMILES string of the molecule is COC(=O)C1=C(C(=O)OC)N(c2ccc3[nH][nH]c(=O)c3c2)C(N)=C(C#N)C1c1ccccc1. The zero-order valence-electron chi connectivity index (χ0n) is 17.7. The highest BCUT2D eigenvalue weighted by atomic mass is 16.5. The Morgan fingerprint density at radius 2 is 1.76 bits per heavy atom. The van der Waals surface area contributed by atoms with E-state index in [2.05, 4.69) is 16.3 Å². The van der Waals surface area contributed by atoms with E-state index in [9.17, 15) is 19.6 Å². The molecule has 1 aliphatic rings. The van der Waals surface area contributed by atoms with Crippen LogP contribution in [0.15, 0.2) is 76.0 Å². The highest BCUT2D eigenvalue weighted by Crippen LogP contribution is 2.43. The fraction of sp³-hybridized carbons (Fsp3) is 0.130. The monoisotopic (exact) mass is 445 g/mol. The van der Waals surface area contributed by atoms with Crippen molar-refractivity contribution in [2.24, 2.45) is 5.73 Å². The highest BCUT2D eigenvalue weighted by molar-refractivity contribution is 6.06. The van der Waals surface area contributed by atoms with Crippen LogP contribution in [-0.4, -0.2) is 36.4 Å². The number of hydrogen-bond acceptors (Lipinski definition) is 8. The number of esters is 2. The normalized spacial score (nSPS) is 16.0. The largest absolute Gasteiger partial charge is 0.466 e. The van der Waals surface area contributed by atoms with Gasteiger partial charge in [0, 0.05) is 5.69 Å². The fourth-order valence-corrected chi connectivity index (χ4v) is 3.94. The van der Waals surface area contributed by atoms with E-state index in [-0.39, 0.29) is 33.9 Å². The lowest BCUT2D eigenvalue weighted by Gasteiger charge is -2.35. The van der Waals surface area contributed by atoms with Gasteiger partial charge in [0.05, 0.1) is 48.3 Å². The third kappa shape index (κ3) is 3.41. The molecule has 33 heavy (non-hydrogen) atoms. The molecule has 0 saturated carbocycles. The Labute approximate surface area is 187 Å². The van der Waals surface area contributed by atoms with Crippen molar-refractivity contribution in [3.8, 4) is 6.07 Å². The van der Waals surface area contributed by atoms with Crippen molar-refractivity contribution in [3.05, 3.63) is 87.1 Å². The summed E-state index contributed by atoms with van der Waals surface area (Å²) in [4.78, 5) is 39.4.